The van der Waals surface area contributed by atoms with Gasteiger partial charge in [-0.15, -0.1) is 24.9 Å². The summed E-state index contributed by atoms with van der Waals surface area (Å²) in [5.74, 6) is -2.22. The molecule has 42 heavy (non-hydrogen) atoms. The Morgan fingerprint density at radius 3 is 2.36 bits per heavy atom. The van der Waals surface area contributed by atoms with Crippen LogP contribution in [0, 0.1) is 23.7 Å². The number of hydrogen-bond acceptors (Lipinski definition) is 7. The van der Waals surface area contributed by atoms with Gasteiger partial charge in [0.05, 0.1) is 35.8 Å². The topological polar surface area (TPSA) is 90.4 Å². The van der Waals surface area contributed by atoms with Gasteiger partial charge >= 0.3 is 5.97 Å². The lowest BCUT2D eigenvalue weighted by molar-refractivity contribution is -0.155. The number of benzene rings is 1. The minimum Gasteiger partial charge on any atom is -0.465 e. The van der Waals surface area contributed by atoms with Gasteiger partial charge in [0.15, 0.2) is 0 Å². The lowest BCUT2D eigenvalue weighted by Crippen LogP contribution is -2.60. The van der Waals surface area contributed by atoms with Crippen LogP contribution in [-0.4, -0.2) is 82.7 Å². The van der Waals surface area contributed by atoms with Crippen LogP contribution >= 0.6 is 11.8 Å². The number of carbonyl (C=O) groups is 3. The monoisotopic (exact) mass is 597 g/mol. The smallest absolute Gasteiger partial charge is 0.310 e. The van der Waals surface area contributed by atoms with Crippen molar-refractivity contribution in [3.8, 4) is 0 Å². The first-order valence-corrected chi connectivity index (χ1v) is 16.2. The molecule has 3 unspecified atom stereocenters. The summed E-state index contributed by atoms with van der Waals surface area (Å²) in [7, 11) is 0. The highest BCUT2D eigenvalue weighted by Crippen LogP contribution is 2.69. The molecule has 3 heterocycles. The SMILES string of the molecule is C=CCCOC(=O)[C@@H]1[C@H]2C(=O)N([C@@H](CO)C(C)C)C(C(=O)N(CC=C)c3ccc(N(CC)CC)cc3)C23S[C@@H]1CC3C. The number of esters is 1. The van der Waals surface area contributed by atoms with Crippen molar-refractivity contribution < 1.29 is 24.2 Å². The van der Waals surface area contributed by atoms with Gasteiger partial charge in [-0.1, -0.05) is 32.9 Å². The molecule has 0 aromatic heterocycles. The number of anilines is 2. The fourth-order valence-electron chi connectivity index (χ4n) is 7.36. The molecule has 3 aliphatic rings. The Morgan fingerprint density at radius 2 is 1.81 bits per heavy atom. The number of hydrogen-bond donors (Lipinski definition) is 1. The van der Waals surface area contributed by atoms with Gasteiger partial charge < -0.3 is 24.5 Å². The van der Waals surface area contributed by atoms with E-state index in [1.807, 2.05) is 38.1 Å². The largest absolute Gasteiger partial charge is 0.465 e. The van der Waals surface area contributed by atoms with Crippen LogP contribution in [0.25, 0.3) is 0 Å². The van der Waals surface area contributed by atoms with Gasteiger partial charge in [-0.2, -0.15) is 0 Å². The first-order chi connectivity index (χ1) is 20.1. The standard InChI is InChI=1S/C33H47N3O5S/c1-8-12-18-41-32(40)27-26-19-22(7)33(42-26)28(27)30(38)36(25(20-37)21(5)6)29(33)31(39)35(17-9-2)24-15-13-23(14-16-24)34(10-3)11-4/h8-9,13-16,21-22,25-29,37H,1-2,10-12,17-20H2,3-7H3/t22?,25-,26+,27-,28-,29?,33?/m0/s1. The molecule has 230 valence electrons. The number of carbonyl (C=O) groups excluding carboxylic acids is 3. The van der Waals surface area contributed by atoms with Crippen molar-refractivity contribution in [1.82, 2.24) is 4.90 Å². The molecule has 2 bridgehead atoms. The molecule has 2 amide bonds. The number of amides is 2. The van der Waals surface area contributed by atoms with Crippen molar-refractivity contribution in [1.29, 1.82) is 0 Å². The molecule has 9 heteroatoms. The van der Waals surface area contributed by atoms with Crippen LogP contribution in [0.5, 0.6) is 0 Å². The molecular weight excluding hydrogens is 550 g/mol. The minimum atomic E-state index is -0.840. The molecule has 4 rings (SSSR count). The van der Waals surface area contributed by atoms with E-state index in [2.05, 4.69) is 38.8 Å². The molecule has 3 aliphatic heterocycles. The predicted molar refractivity (Wildman–Crippen MR) is 170 cm³/mol. The first-order valence-electron chi connectivity index (χ1n) is 15.3. The maximum Gasteiger partial charge on any atom is 0.310 e. The highest BCUT2D eigenvalue weighted by Gasteiger charge is 2.77. The van der Waals surface area contributed by atoms with Gasteiger partial charge in [0, 0.05) is 36.3 Å². The number of rotatable bonds is 14. The number of thioether (sulfide) groups is 1. The van der Waals surface area contributed by atoms with E-state index in [1.165, 1.54) is 0 Å². The molecule has 1 aromatic rings. The van der Waals surface area contributed by atoms with Crippen LogP contribution in [0.1, 0.15) is 47.5 Å². The van der Waals surface area contributed by atoms with E-state index in [1.54, 1.807) is 33.7 Å². The van der Waals surface area contributed by atoms with E-state index in [0.29, 0.717) is 6.42 Å². The van der Waals surface area contributed by atoms with Crippen molar-refractivity contribution in [3.63, 3.8) is 0 Å². The molecule has 0 aliphatic carbocycles. The Morgan fingerprint density at radius 1 is 1.17 bits per heavy atom. The Kier molecular flexibility index (Phi) is 10.1. The van der Waals surface area contributed by atoms with Gasteiger partial charge in [0.2, 0.25) is 5.91 Å². The third-order valence-corrected chi connectivity index (χ3v) is 11.5. The molecule has 3 saturated heterocycles. The molecule has 3 fully saturated rings. The van der Waals surface area contributed by atoms with Crippen LogP contribution in [-0.2, 0) is 19.1 Å². The summed E-state index contributed by atoms with van der Waals surface area (Å²) in [6, 6.07) is 6.52. The predicted octanol–water partition coefficient (Wildman–Crippen LogP) is 4.53. The second kappa shape index (κ2) is 13.2. The summed E-state index contributed by atoms with van der Waals surface area (Å²) in [5.41, 5.74) is 1.79. The van der Waals surface area contributed by atoms with E-state index < -0.39 is 28.7 Å². The molecular formula is C33H47N3O5S. The summed E-state index contributed by atoms with van der Waals surface area (Å²) < 4.78 is 4.82. The fraction of sp³-hybridized carbons (Fsp3) is 0.606. The van der Waals surface area contributed by atoms with Gasteiger partial charge in [0.1, 0.15) is 6.04 Å². The number of ether oxygens (including phenoxy) is 1. The lowest BCUT2D eigenvalue weighted by Gasteiger charge is -2.42. The summed E-state index contributed by atoms with van der Waals surface area (Å²) >= 11 is 1.61. The summed E-state index contributed by atoms with van der Waals surface area (Å²) in [4.78, 5) is 48.4. The van der Waals surface area contributed by atoms with Crippen LogP contribution < -0.4 is 9.80 Å². The summed E-state index contributed by atoms with van der Waals surface area (Å²) in [6.07, 6.45) is 4.65. The maximum atomic E-state index is 14.9. The zero-order valence-electron chi connectivity index (χ0n) is 25.7. The van der Waals surface area contributed by atoms with Crippen molar-refractivity contribution in [3.05, 3.63) is 49.6 Å². The van der Waals surface area contributed by atoms with E-state index in [9.17, 15) is 19.5 Å². The fourth-order valence-corrected chi connectivity index (χ4v) is 9.75. The normalized spacial score (nSPS) is 28.5. The Hall–Kier alpha value is -2.78. The highest BCUT2D eigenvalue weighted by atomic mass is 32.2. The van der Waals surface area contributed by atoms with E-state index in [4.69, 9.17) is 4.74 Å². The van der Waals surface area contributed by atoms with Crippen molar-refractivity contribution >= 4 is 40.9 Å². The Labute approximate surface area is 255 Å². The number of aliphatic hydroxyl groups excluding tert-OH is 1. The average Bonchev–Trinajstić information content (AvgIpc) is 3.57. The van der Waals surface area contributed by atoms with Gasteiger partial charge in [0.25, 0.3) is 5.91 Å². The minimum absolute atomic E-state index is 0.0137. The molecule has 1 aromatic carbocycles. The van der Waals surface area contributed by atoms with E-state index in [0.717, 1.165) is 30.9 Å². The molecule has 0 saturated carbocycles. The molecule has 0 radical (unpaired) electrons. The molecule has 8 nitrogen and oxygen atoms in total. The van der Waals surface area contributed by atoms with Crippen LogP contribution in [0.4, 0.5) is 11.4 Å². The van der Waals surface area contributed by atoms with Crippen LogP contribution in [0.2, 0.25) is 0 Å². The second-order valence-corrected chi connectivity index (χ2v) is 13.5. The van der Waals surface area contributed by atoms with E-state index in [-0.39, 0.29) is 54.6 Å². The average molecular weight is 598 g/mol. The third-order valence-electron chi connectivity index (χ3n) is 9.44. The molecule has 7 atom stereocenters. The van der Waals surface area contributed by atoms with Crippen molar-refractivity contribution in [2.24, 2.45) is 23.7 Å². The number of likely N-dealkylation sites (tertiary alicyclic amines) is 1. The zero-order valence-corrected chi connectivity index (χ0v) is 26.5. The molecule has 1 spiro atoms. The Balaban J connectivity index is 1.79. The Bertz CT molecular complexity index is 1170. The van der Waals surface area contributed by atoms with Crippen LogP contribution in [0.15, 0.2) is 49.6 Å². The van der Waals surface area contributed by atoms with Gasteiger partial charge in [-0.05, 0) is 62.8 Å². The second-order valence-electron chi connectivity index (χ2n) is 12.0. The van der Waals surface area contributed by atoms with Gasteiger partial charge in [-0.3, -0.25) is 14.4 Å². The van der Waals surface area contributed by atoms with Crippen LogP contribution in [0.3, 0.4) is 0 Å². The zero-order chi connectivity index (χ0) is 30.8. The quantitative estimate of drug-likeness (QED) is 0.192. The van der Waals surface area contributed by atoms with Gasteiger partial charge in [-0.25, -0.2) is 0 Å². The first kappa shape index (κ1) is 32.1. The number of nitrogens with zero attached hydrogens (tertiary/aromatic N) is 3. The number of aliphatic hydroxyl groups is 1. The third kappa shape index (κ3) is 5.27. The van der Waals surface area contributed by atoms with Crippen molar-refractivity contribution in [2.45, 2.75) is 69.5 Å². The summed E-state index contributed by atoms with van der Waals surface area (Å²) in [5, 5.41) is 10.4. The highest BCUT2D eigenvalue weighted by molar-refractivity contribution is 8.02. The van der Waals surface area contributed by atoms with Crippen molar-refractivity contribution in [2.75, 3.05) is 42.6 Å². The lowest BCUT2D eigenvalue weighted by atomic mass is 9.66. The molecule has 1 N–H and O–H groups in total. The van der Waals surface area contributed by atoms with E-state index >= 15 is 0 Å². The summed E-state index contributed by atoms with van der Waals surface area (Å²) in [6.45, 7) is 19.8. The maximum absolute atomic E-state index is 14.9. The number of fused-ring (bicyclic) bond motifs is 1.